The minimum Gasteiger partial charge on any atom is -0.507 e. The topological polar surface area (TPSA) is 154 Å². The number of nitrogens with zero attached hydrogens (tertiary/aromatic N) is 3. The summed E-state index contributed by atoms with van der Waals surface area (Å²) in [4.78, 5) is 21.1. The maximum Gasteiger partial charge on any atom is 0.311 e. The molecule has 0 fully saturated rings. The van der Waals surface area contributed by atoms with Crippen LogP contribution in [0.15, 0.2) is 28.2 Å². The first-order valence-corrected chi connectivity index (χ1v) is 6.00. The zero-order valence-corrected chi connectivity index (χ0v) is 11.4. The number of aromatic amines is 1. The van der Waals surface area contributed by atoms with Crippen LogP contribution in [0.4, 0.5) is 11.4 Å². The Labute approximate surface area is 126 Å². The summed E-state index contributed by atoms with van der Waals surface area (Å²) in [5, 5.41) is 38.8. The van der Waals surface area contributed by atoms with E-state index in [4.69, 9.17) is 11.6 Å². The normalized spacial score (nSPS) is 10.8. The number of phenols is 2. The highest BCUT2D eigenvalue weighted by molar-refractivity contribution is 6.32. The van der Waals surface area contributed by atoms with Crippen LogP contribution in [0.25, 0.3) is 0 Å². The number of nitro groups is 1. The Hall–Kier alpha value is -3.14. The van der Waals surface area contributed by atoms with Crippen LogP contribution in [0.2, 0.25) is 5.02 Å². The predicted octanol–water partition coefficient (Wildman–Crippen LogP) is 1.19. The Morgan fingerprint density at radius 3 is 2.82 bits per heavy atom. The lowest BCUT2D eigenvalue weighted by Crippen LogP contribution is -2.10. The summed E-state index contributed by atoms with van der Waals surface area (Å²) in [5.74, 6) is -1.08. The number of aromatic hydroxyl groups is 2. The molecule has 0 atom stereocenters. The van der Waals surface area contributed by atoms with E-state index < -0.39 is 27.7 Å². The minimum atomic E-state index is -0.808. The van der Waals surface area contributed by atoms with E-state index in [0.29, 0.717) is 0 Å². The Bertz CT molecular complexity index is 819. The smallest absolute Gasteiger partial charge is 0.311 e. The zero-order valence-electron chi connectivity index (χ0n) is 10.6. The number of aromatic nitrogens is 2. The van der Waals surface area contributed by atoms with Crippen molar-refractivity contribution in [2.75, 3.05) is 5.43 Å². The van der Waals surface area contributed by atoms with Crippen LogP contribution in [-0.4, -0.2) is 31.5 Å². The second-order valence-electron chi connectivity index (χ2n) is 3.95. The van der Waals surface area contributed by atoms with E-state index >= 15 is 0 Å². The number of phenolic OH excluding ortho intramolecular Hbond substituents is 2. The summed E-state index contributed by atoms with van der Waals surface area (Å²) in [6, 6.07) is 1.76. The van der Waals surface area contributed by atoms with Gasteiger partial charge in [0.15, 0.2) is 5.75 Å². The molecule has 0 saturated carbocycles. The van der Waals surface area contributed by atoms with Crippen LogP contribution in [0.5, 0.6) is 11.5 Å². The Morgan fingerprint density at radius 1 is 1.41 bits per heavy atom. The number of halogens is 1. The van der Waals surface area contributed by atoms with Gasteiger partial charge in [0.1, 0.15) is 16.5 Å². The summed E-state index contributed by atoms with van der Waals surface area (Å²) in [7, 11) is 0. The molecule has 2 aromatic rings. The molecular weight excluding hydrogens is 318 g/mol. The van der Waals surface area contributed by atoms with Gasteiger partial charge in [-0.15, -0.1) is 0 Å². The molecule has 1 aromatic carbocycles. The van der Waals surface area contributed by atoms with E-state index in [1.807, 2.05) is 0 Å². The van der Waals surface area contributed by atoms with Crippen molar-refractivity contribution in [3.63, 3.8) is 0 Å². The lowest BCUT2D eigenvalue weighted by atomic mass is 10.2. The first-order chi connectivity index (χ1) is 10.4. The molecule has 11 heteroatoms. The molecule has 0 aliphatic heterocycles. The number of hydrogen-bond donors (Lipinski definition) is 4. The van der Waals surface area contributed by atoms with Gasteiger partial charge in [-0.2, -0.15) is 10.2 Å². The molecule has 0 aliphatic carbocycles. The molecule has 1 aromatic heterocycles. The molecular formula is C11H8ClN5O5. The maximum absolute atomic E-state index is 11.2. The SMILES string of the molecule is O=c1[nH]ncc(N/N=C\c2cc([N+](=O)[O-])c(O)cc2O)c1Cl. The third kappa shape index (κ3) is 3.12. The van der Waals surface area contributed by atoms with Gasteiger partial charge in [0, 0.05) is 17.7 Å². The third-order valence-electron chi connectivity index (χ3n) is 2.50. The Kier molecular flexibility index (Phi) is 4.23. The minimum absolute atomic E-state index is 0.0223. The van der Waals surface area contributed by atoms with Crippen molar-refractivity contribution in [1.29, 1.82) is 0 Å². The van der Waals surface area contributed by atoms with E-state index in [1.165, 1.54) is 6.20 Å². The first kappa shape index (κ1) is 15.3. The van der Waals surface area contributed by atoms with Crippen LogP contribution >= 0.6 is 11.6 Å². The number of hydrazone groups is 1. The molecule has 1 heterocycles. The molecule has 0 bridgehead atoms. The number of anilines is 1. The number of hydrogen-bond acceptors (Lipinski definition) is 8. The van der Waals surface area contributed by atoms with Gasteiger partial charge in [0.05, 0.1) is 17.3 Å². The van der Waals surface area contributed by atoms with Crippen LogP contribution in [0.1, 0.15) is 5.56 Å². The summed E-state index contributed by atoms with van der Waals surface area (Å²) in [5.41, 5.74) is 1.28. The second-order valence-corrected chi connectivity index (χ2v) is 4.33. The molecule has 0 saturated heterocycles. The summed E-state index contributed by atoms with van der Waals surface area (Å²) >= 11 is 5.70. The standard InChI is InChI=1S/C11H8ClN5O5/c12-10-6(4-14-16-11(10)20)15-13-3-5-1-7(17(21)22)9(19)2-8(5)18/h1-4,18-19H,(H2,15,16,20)/b13-3-. The van der Waals surface area contributed by atoms with Gasteiger partial charge in [-0.3, -0.25) is 20.3 Å². The highest BCUT2D eigenvalue weighted by atomic mass is 35.5. The lowest BCUT2D eigenvalue weighted by Gasteiger charge is -2.03. The van der Waals surface area contributed by atoms with E-state index in [1.54, 1.807) is 0 Å². The number of nitrogens with one attached hydrogen (secondary N) is 2. The molecule has 22 heavy (non-hydrogen) atoms. The van der Waals surface area contributed by atoms with E-state index in [2.05, 4.69) is 20.7 Å². The van der Waals surface area contributed by atoms with Crippen LogP contribution in [-0.2, 0) is 0 Å². The Balaban J connectivity index is 2.27. The van der Waals surface area contributed by atoms with Gasteiger partial charge in [-0.1, -0.05) is 11.6 Å². The highest BCUT2D eigenvalue weighted by Gasteiger charge is 2.16. The number of rotatable bonds is 4. The van der Waals surface area contributed by atoms with Crippen molar-refractivity contribution in [2.24, 2.45) is 5.10 Å². The summed E-state index contributed by atoms with van der Waals surface area (Å²) in [6.07, 6.45) is 2.26. The average molecular weight is 326 g/mol. The number of H-pyrrole nitrogens is 1. The average Bonchev–Trinajstić information content (AvgIpc) is 2.45. The predicted molar refractivity (Wildman–Crippen MR) is 77.5 cm³/mol. The fourth-order valence-electron chi connectivity index (χ4n) is 1.46. The molecule has 0 unspecified atom stereocenters. The molecule has 0 radical (unpaired) electrons. The first-order valence-electron chi connectivity index (χ1n) is 5.62. The van der Waals surface area contributed by atoms with Gasteiger partial charge in [0.2, 0.25) is 0 Å². The van der Waals surface area contributed by atoms with Crippen molar-refractivity contribution in [3.8, 4) is 11.5 Å². The largest absolute Gasteiger partial charge is 0.507 e. The zero-order chi connectivity index (χ0) is 16.3. The molecule has 0 spiro atoms. The fourth-order valence-corrected chi connectivity index (χ4v) is 1.60. The van der Waals surface area contributed by atoms with Crippen LogP contribution in [0.3, 0.4) is 0 Å². The maximum atomic E-state index is 11.2. The van der Waals surface area contributed by atoms with Crippen molar-refractivity contribution in [1.82, 2.24) is 10.2 Å². The van der Waals surface area contributed by atoms with Crippen molar-refractivity contribution in [3.05, 3.63) is 49.4 Å². The number of nitro benzene ring substituents is 1. The lowest BCUT2D eigenvalue weighted by molar-refractivity contribution is -0.385. The van der Waals surface area contributed by atoms with E-state index in [-0.39, 0.29) is 16.3 Å². The van der Waals surface area contributed by atoms with Gasteiger partial charge < -0.3 is 10.2 Å². The molecule has 0 amide bonds. The fraction of sp³-hybridized carbons (Fsp3) is 0. The van der Waals surface area contributed by atoms with Crippen LogP contribution < -0.4 is 11.0 Å². The molecule has 114 valence electrons. The Morgan fingerprint density at radius 2 is 2.14 bits per heavy atom. The summed E-state index contributed by atoms with van der Waals surface area (Å²) < 4.78 is 0. The number of benzene rings is 1. The summed E-state index contributed by atoms with van der Waals surface area (Å²) in [6.45, 7) is 0. The molecule has 2 rings (SSSR count). The van der Waals surface area contributed by atoms with Crippen molar-refractivity contribution < 1.29 is 15.1 Å². The van der Waals surface area contributed by atoms with Gasteiger partial charge in [0.25, 0.3) is 5.56 Å². The van der Waals surface area contributed by atoms with Gasteiger partial charge >= 0.3 is 5.69 Å². The molecule has 0 aliphatic rings. The van der Waals surface area contributed by atoms with Gasteiger partial charge in [-0.25, -0.2) is 5.10 Å². The van der Waals surface area contributed by atoms with Gasteiger partial charge in [-0.05, 0) is 0 Å². The highest BCUT2D eigenvalue weighted by Crippen LogP contribution is 2.32. The molecule has 10 nitrogen and oxygen atoms in total. The molecule has 4 N–H and O–H groups in total. The quantitative estimate of drug-likeness (QED) is 0.374. The monoisotopic (exact) mass is 325 g/mol. The van der Waals surface area contributed by atoms with E-state index in [9.17, 15) is 25.1 Å². The second kappa shape index (κ2) is 6.10. The van der Waals surface area contributed by atoms with E-state index in [0.717, 1.165) is 18.3 Å². The van der Waals surface area contributed by atoms with Crippen LogP contribution in [0, 0.1) is 10.1 Å². The van der Waals surface area contributed by atoms with Crippen molar-refractivity contribution in [2.45, 2.75) is 0 Å². The van der Waals surface area contributed by atoms with Crippen molar-refractivity contribution >= 4 is 29.2 Å². The third-order valence-corrected chi connectivity index (χ3v) is 2.88.